The molecule has 12 heavy (non-hydrogen) atoms. The van der Waals surface area contributed by atoms with Crippen molar-refractivity contribution in [2.75, 3.05) is 13.3 Å². The van der Waals surface area contributed by atoms with E-state index in [0.717, 1.165) is 32.1 Å². The Labute approximate surface area is 80.1 Å². The van der Waals surface area contributed by atoms with E-state index in [2.05, 4.69) is 0 Å². The van der Waals surface area contributed by atoms with E-state index in [4.69, 9.17) is 0 Å². The minimum atomic E-state index is -0.190. The molecule has 0 nitrogen and oxygen atoms in total. The number of unbranched alkanes of at least 4 members (excludes halogenated alkanes) is 6. The van der Waals surface area contributed by atoms with Crippen LogP contribution in [0.3, 0.4) is 0 Å². The van der Waals surface area contributed by atoms with Gasteiger partial charge in [0, 0.05) is 0 Å². The van der Waals surface area contributed by atoms with Crippen molar-refractivity contribution in [3.05, 3.63) is 0 Å². The molecule has 0 saturated heterocycles. The van der Waals surface area contributed by atoms with Crippen molar-refractivity contribution in [3.8, 4) is 0 Å². The van der Waals surface area contributed by atoms with Crippen LogP contribution < -0.4 is 0 Å². The van der Waals surface area contributed by atoms with Crippen LogP contribution >= 0.6 is 12.4 Å². The molecular formula is C9H19ClF2. The molecule has 0 fully saturated rings. The second-order valence-electron chi connectivity index (χ2n) is 2.85. The van der Waals surface area contributed by atoms with Crippen molar-refractivity contribution in [1.29, 1.82) is 0 Å². The Bertz CT molecular complexity index is 61.5. The maximum Gasteiger partial charge on any atom is 0.0894 e. The Kier molecular flexibility index (Phi) is 16.8. The molecule has 76 valence electrons. The summed E-state index contributed by atoms with van der Waals surface area (Å²) in [6.45, 7) is -0.380. The predicted octanol–water partition coefficient (Wildman–Crippen LogP) is 4.08. The first-order valence-electron chi connectivity index (χ1n) is 4.53. The molecule has 0 amide bonds. The van der Waals surface area contributed by atoms with Gasteiger partial charge in [0.1, 0.15) is 0 Å². The van der Waals surface area contributed by atoms with Gasteiger partial charge in [-0.05, 0) is 12.8 Å². The third-order valence-corrected chi connectivity index (χ3v) is 1.77. The summed E-state index contributed by atoms with van der Waals surface area (Å²) < 4.78 is 23.1. The standard InChI is InChI=1S/C9H18F2.ClH/c10-8-6-4-2-1-3-5-7-9-11;/h1-9H2;1H. The van der Waals surface area contributed by atoms with Crippen LogP contribution in [0.2, 0.25) is 0 Å². The van der Waals surface area contributed by atoms with Crippen LogP contribution in [0.4, 0.5) is 8.78 Å². The highest BCUT2D eigenvalue weighted by Gasteiger charge is 1.90. The van der Waals surface area contributed by atoms with E-state index in [1.807, 2.05) is 0 Å². The summed E-state index contributed by atoms with van der Waals surface area (Å²) in [5.41, 5.74) is 0. The van der Waals surface area contributed by atoms with Crippen molar-refractivity contribution in [2.24, 2.45) is 0 Å². The van der Waals surface area contributed by atoms with Gasteiger partial charge in [-0.25, -0.2) is 0 Å². The molecule has 0 aliphatic carbocycles. The Morgan fingerprint density at radius 2 is 0.750 bits per heavy atom. The number of alkyl halides is 2. The highest BCUT2D eigenvalue weighted by molar-refractivity contribution is 5.85. The first-order chi connectivity index (χ1) is 5.41. The summed E-state index contributed by atoms with van der Waals surface area (Å²) in [6, 6.07) is 0. The highest BCUT2D eigenvalue weighted by Crippen LogP contribution is 2.06. The van der Waals surface area contributed by atoms with Crippen LogP contribution in [-0.4, -0.2) is 13.3 Å². The lowest BCUT2D eigenvalue weighted by Gasteiger charge is -1.97. The zero-order chi connectivity index (χ0) is 8.36. The van der Waals surface area contributed by atoms with E-state index in [1.54, 1.807) is 0 Å². The molecule has 0 aliphatic heterocycles. The topological polar surface area (TPSA) is 0 Å². The summed E-state index contributed by atoms with van der Waals surface area (Å²) in [4.78, 5) is 0. The SMILES string of the molecule is Cl.FCCCCCCCCCF. The van der Waals surface area contributed by atoms with Gasteiger partial charge < -0.3 is 0 Å². The largest absolute Gasteiger partial charge is 0.251 e. The molecular weight excluding hydrogens is 182 g/mol. The Morgan fingerprint density at radius 3 is 1.00 bits per heavy atom. The quantitative estimate of drug-likeness (QED) is 0.518. The predicted molar refractivity (Wildman–Crippen MR) is 51.5 cm³/mol. The third-order valence-electron chi connectivity index (χ3n) is 1.77. The third kappa shape index (κ3) is 12.8. The van der Waals surface area contributed by atoms with Crippen LogP contribution in [0.1, 0.15) is 44.9 Å². The highest BCUT2D eigenvalue weighted by atomic mass is 35.5. The summed E-state index contributed by atoms with van der Waals surface area (Å²) in [5.74, 6) is 0. The van der Waals surface area contributed by atoms with Crippen molar-refractivity contribution >= 4 is 12.4 Å². The smallest absolute Gasteiger partial charge is 0.0894 e. The van der Waals surface area contributed by atoms with Gasteiger partial charge >= 0.3 is 0 Å². The molecule has 0 N–H and O–H groups in total. The number of halogens is 3. The minimum Gasteiger partial charge on any atom is -0.251 e. The second kappa shape index (κ2) is 13.7. The summed E-state index contributed by atoms with van der Waals surface area (Å²) in [5, 5.41) is 0. The number of hydrogen-bond donors (Lipinski definition) is 0. The molecule has 0 heterocycles. The zero-order valence-corrected chi connectivity index (χ0v) is 8.34. The Morgan fingerprint density at radius 1 is 0.500 bits per heavy atom. The molecule has 0 aliphatic rings. The van der Waals surface area contributed by atoms with Gasteiger partial charge in [-0.15, -0.1) is 12.4 Å². The maximum absolute atomic E-state index is 11.6. The molecule has 3 heteroatoms. The van der Waals surface area contributed by atoms with Crippen LogP contribution in [0, 0.1) is 0 Å². The Balaban J connectivity index is 0. The first-order valence-corrected chi connectivity index (χ1v) is 4.53. The molecule has 0 unspecified atom stereocenters. The number of hydrogen-bond acceptors (Lipinski definition) is 0. The minimum absolute atomic E-state index is 0. The summed E-state index contributed by atoms with van der Waals surface area (Å²) in [6.07, 6.45) is 6.73. The molecule has 0 radical (unpaired) electrons. The average Bonchev–Trinajstić information content (AvgIpc) is 2.03. The van der Waals surface area contributed by atoms with Crippen molar-refractivity contribution in [2.45, 2.75) is 44.9 Å². The van der Waals surface area contributed by atoms with Gasteiger partial charge in [-0.3, -0.25) is 8.78 Å². The van der Waals surface area contributed by atoms with Crippen LogP contribution in [-0.2, 0) is 0 Å². The fourth-order valence-corrected chi connectivity index (χ4v) is 1.07. The van der Waals surface area contributed by atoms with Gasteiger partial charge in [-0.1, -0.05) is 32.1 Å². The molecule has 0 aromatic heterocycles. The van der Waals surface area contributed by atoms with Crippen molar-refractivity contribution < 1.29 is 8.78 Å². The van der Waals surface area contributed by atoms with Crippen LogP contribution in [0.15, 0.2) is 0 Å². The summed E-state index contributed by atoms with van der Waals surface area (Å²) in [7, 11) is 0. The van der Waals surface area contributed by atoms with E-state index >= 15 is 0 Å². The maximum atomic E-state index is 11.6. The van der Waals surface area contributed by atoms with Gasteiger partial charge in [-0.2, -0.15) is 0 Å². The van der Waals surface area contributed by atoms with Gasteiger partial charge in [0.25, 0.3) is 0 Å². The lowest BCUT2D eigenvalue weighted by Crippen LogP contribution is -1.82. The molecule has 0 rings (SSSR count). The van der Waals surface area contributed by atoms with E-state index in [-0.39, 0.29) is 25.8 Å². The van der Waals surface area contributed by atoms with Crippen LogP contribution in [0.25, 0.3) is 0 Å². The zero-order valence-electron chi connectivity index (χ0n) is 7.53. The van der Waals surface area contributed by atoms with Gasteiger partial charge in [0.05, 0.1) is 13.3 Å². The van der Waals surface area contributed by atoms with Crippen molar-refractivity contribution in [3.63, 3.8) is 0 Å². The van der Waals surface area contributed by atoms with Gasteiger partial charge in [0.2, 0.25) is 0 Å². The van der Waals surface area contributed by atoms with E-state index in [9.17, 15) is 8.78 Å². The fourth-order valence-electron chi connectivity index (χ4n) is 1.07. The second-order valence-corrected chi connectivity index (χ2v) is 2.85. The van der Waals surface area contributed by atoms with Gasteiger partial charge in [0.15, 0.2) is 0 Å². The monoisotopic (exact) mass is 200 g/mol. The normalized spacial score (nSPS) is 9.50. The number of rotatable bonds is 8. The van der Waals surface area contributed by atoms with Crippen molar-refractivity contribution in [1.82, 2.24) is 0 Å². The average molecular weight is 201 g/mol. The lowest BCUT2D eigenvalue weighted by molar-refractivity contribution is 0.436. The first kappa shape index (κ1) is 14.7. The molecule has 0 aromatic rings. The lowest BCUT2D eigenvalue weighted by atomic mass is 10.1. The molecule has 0 aromatic carbocycles. The molecule has 0 spiro atoms. The van der Waals surface area contributed by atoms with E-state index in [1.165, 1.54) is 0 Å². The fraction of sp³-hybridized carbons (Fsp3) is 1.00. The molecule has 0 saturated carbocycles. The Hall–Kier alpha value is 0.150. The van der Waals surface area contributed by atoms with E-state index < -0.39 is 0 Å². The van der Waals surface area contributed by atoms with Crippen LogP contribution in [0.5, 0.6) is 0 Å². The summed E-state index contributed by atoms with van der Waals surface area (Å²) >= 11 is 0. The molecule has 0 bridgehead atoms. The van der Waals surface area contributed by atoms with E-state index in [0.29, 0.717) is 12.8 Å². The molecule has 0 atom stereocenters.